The minimum atomic E-state index is -3.22. The molecule has 28 heavy (non-hydrogen) atoms. The van der Waals surface area contributed by atoms with Crippen LogP contribution in [0.3, 0.4) is 0 Å². The van der Waals surface area contributed by atoms with E-state index < -0.39 is 10.0 Å². The van der Waals surface area contributed by atoms with E-state index in [1.807, 2.05) is 35.2 Å². The number of amides is 1. The topological polar surface area (TPSA) is 79.6 Å². The number of furan rings is 1. The van der Waals surface area contributed by atoms with Crippen molar-refractivity contribution in [2.75, 3.05) is 19.3 Å². The highest BCUT2D eigenvalue weighted by molar-refractivity contribution is 7.88. The molecule has 2 aromatic rings. The van der Waals surface area contributed by atoms with Crippen molar-refractivity contribution in [2.24, 2.45) is 5.92 Å². The van der Waals surface area contributed by atoms with Gasteiger partial charge in [0.25, 0.3) is 0 Å². The minimum absolute atomic E-state index is 0.00975. The number of likely N-dealkylation sites (tertiary alicyclic amines) is 1. The average Bonchev–Trinajstić information content (AvgIpc) is 3.33. The highest BCUT2D eigenvalue weighted by Crippen LogP contribution is 2.51. The normalized spacial score (nSPS) is 25.3. The molecule has 2 fully saturated rings. The molecule has 7 heteroatoms. The molecule has 4 rings (SSSR count). The maximum absolute atomic E-state index is 13.1. The van der Waals surface area contributed by atoms with Crippen LogP contribution in [0.5, 0.6) is 0 Å². The van der Waals surface area contributed by atoms with Crippen LogP contribution in [0.15, 0.2) is 47.1 Å². The number of benzene rings is 1. The van der Waals surface area contributed by atoms with Gasteiger partial charge in [0.2, 0.25) is 15.9 Å². The van der Waals surface area contributed by atoms with E-state index in [1.165, 1.54) is 11.8 Å². The molecule has 150 valence electrons. The van der Waals surface area contributed by atoms with Crippen LogP contribution < -0.4 is 4.72 Å². The maximum atomic E-state index is 13.1. The highest BCUT2D eigenvalue weighted by atomic mass is 32.2. The Labute approximate surface area is 166 Å². The van der Waals surface area contributed by atoms with Gasteiger partial charge in [0.1, 0.15) is 5.76 Å². The molecule has 1 N–H and O–H groups in total. The van der Waals surface area contributed by atoms with Crippen molar-refractivity contribution in [2.45, 2.75) is 37.6 Å². The third-order valence-electron chi connectivity index (χ3n) is 5.68. The summed E-state index contributed by atoms with van der Waals surface area (Å²) >= 11 is 0. The molecule has 0 spiro atoms. The minimum Gasteiger partial charge on any atom is -0.464 e. The van der Waals surface area contributed by atoms with E-state index in [1.54, 1.807) is 6.26 Å². The number of hydrogen-bond acceptors (Lipinski definition) is 4. The molecule has 1 saturated carbocycles. The molecule has 1 aromatic heterocycles. The third kappa shape index (κ3) is 4.31. The van der Waals surface area contributed by atoms with Crippen molar-refractivity contribution >= 4 is 15.9 Å². The average molecular weight is 403 g/mol. The summed E-state index contributed by atoms with van der Waals surface area (Å²) < 4.78 is 31.2. The smallest absolute Gasteiger partial charge is 0.226 e. The lowest BCUT2D eigenvalue weighted by atomic mass is 10.00. The fourth-order valence-electron chi connectivity index (χ4n) is 4.26. The number of nitrogens with one attached hydrogen (secondary N) is 1. The molecule has 1 aliphatic carbocycles. The van der Waals surface area contributed by atoms with Crippen LogP contribution in [-0.4, -0.2) is 44.6 Å². The number of hydrogen-bond donors (Lipinski definition) is 1. The lowest BCUT2D eigenvalue weighted by Gasteiger charge is -2.21. The van der Waals surface area contributed by atoms with Gasteiger partial charge in [0.05, 0.1) is 12.5 Å². The molecule has 2 heterocycles. The molecular weight excluding hydrogens is 376 g/mol. The van der Waals surface area contributed by atoms with Crippen LogP contribution in [-0.2, 0) is 14.8 Å². The Hall–Kier alpha value is -2.12. The van der Waals surface area contributed by atoms with Gasteiger partial charge in [-0.3, -0.25) is 4.79 Å². The number of rotatable bonds is 5. The van der Waals surface area contributed by atoms with Gasteiger partial charge in [0.15, 0.2) is 0 Å². The third-order valence-corrected chi connectivity index (χ3v) is 6.44. The molecule has 1 aromatic carbocycles. The van der Waals surface area contributed by atoms with Crippen LogP contribution in [0.1, 0.15) is 37.2 Å². The molecule has 6 nitrogen and oxygen atoms in total. The van der Waals surface area contributed by atoms with Gasteiger partial charge in [0, 0.05) is 30.6 Å². The lowest BCUT2D eigenvalue weighted by molar-refractivity contribution is -0.132. The van der Waals surface area contributed by atoms with Gasteiger partial charge in [-0.2, -0.15) is 0 Å². The van der Waals surface area contributed by atoms with Crippen molar-refractivity contribution in [1.82, 2.24) is 9.62 Å². The predicted octanol–water partition coefficient (Wildman–Crippen LogP) is 2.98. The van der Waals surface area contributed by atoms with Crippen molar-refractivity contribution in [3.63, 3.8) is 0 Å². The number of carbonyl (C=O) groups is 1. The van der Waals surface area contributed by atoms with Crippen molar-refractivity contribution in [1.29, 1.82) is 0 Å². The Morgan fingerprint density at radius 2 is 1.96 bits per heavy atom. The first-order valence-electron chi connectivity index (χ1n) is 9.81. The molecule has 2 aliphatic rings. The molecule has 0 bridgehead atoms. The summed E-state index contributed by atoms with van der Waals surface area (Å²) in [6.07, 6.45) is 5.97. The first-order chi connectivity index (χ1) is 13.4. The highest BCUT2D eigenvalue weighted by Gasteiger charge is 2.46. The van der Waals surface area contributed by atoms with E-state index in [0.29, 0.717) is 19.5 Å². The second-order valence-corrected chi connectivity index (χ2v) is 9.64. The Bertz CT molecular complexity index is 939. The van der Waals surface area contributed by atoms with Crippen molar-refractivity contribution in [3.8, 4) is 11.3 Å². The van der Waals surface area contributed by atoms with E-state index in [4.69, 9.17) is 4.42 Å². The molecule has 1 saturated heterocycles. The first-order valence-corrected chi connectivity index (χ1v) is 11.7. The fraction of sp³-hybridized carbons (Fsp3) is 0.476. The number of carbonyl (C=O) groups excluding carboxylic acids is 1. The van der Waals surface area contributed by atoms with Gasteiger partial charge in [-0.05, 0) is 49.3 Å². The summed E-state index contributed by atoms with van der Waals surface area (Å²) in [4.78, 5) is 15.0. The summed E-state index contributed by atoms with van der Waals surface area (Å²) in [6.45, 7) is 1.30. The monoisotopic (exact) mass is 402 g/mol. The quantitative estimate of drug-likeness (QED) is 0.834. The van der Waals surface area contributed by atoms with Crippen LogP contribution in [0, 0.1) is 5.92 Å². The summed E-state index contributed by atoms with van der Waals surface area (Å²) in [5.74, 6) is 1.26. The van der Waals surface area contributed by atoms with Gasteiger partial charge in [-0.1, -0.05) is 24.3 Å². The largest absolute Gasteiger partial charge is 0.464 e. The zero-order valence-corrected chi connectivity index (χ0v) is 16.8. The predicted molar refractivity (Wildman–Crippen MR) is 107 cm³/mol. The zero-order valence-electron chi connectivity index (χ0n) is 16.0. The standard InChI is InChI=1S/C21H26N2O4S/c1-28(25,26)22-15-6-4-11-23(12-10-15)21(24)19-14-18(19)16-7-2-3-8-17(16)20-9-5-13-27-20/h2-3,5,7-9,13,15,18-19,22H,4,6,10-12,14H2,1H3/t15-,18+,19-/m1/s1. The first kappa shape index (κ1) is 19.2. The Morgan fingerprint density at radius 3 is 2.71 bits per heavy atom. The summed E-state index contributed by atoms with van der Waals surface area (Å²) in [6, 6.07) is 11.9. The summed E-state index contributed by atoms with van der Waals surface area (Å²) in [5, 5.41) is 0. The molecule has 0 radical (unpaired) electrons. The zero-order chi connectivity index (χ0) is 19.7. The second-order valence-electron chi connectivity index (χ2n) is 7.86. The van der Waals surface area contributed by atoms with Gasteiger partial charge in [-0.15, -0.1) is 0 Å². The van der Waals surface area contributed by atoms with E-state index >= 15 is 0 Å². The van der Waals surface area contributed by atoms with Crippen LogP contribution in [0.4, 0.5) is 0 Å². The van der Waals surface area contributed by atoms with Gasteiger partial charge >= 0.3 is 0 Å². The van der Waals surface area contributed by atoms with E-state index in [0.717, 1.165) is 30.6 Å². The molecule has 1 aliphatic heterocycles. The van der Waals surface area contributed by atoms with Crippen LogP contribution >= 0.6 is 0 Å². The second kappa shape index (κ2) is 7.72. The summed E-state index contributed by atoms with van der Waals surface area (Å²) in [7, 11) is -3.22. The van der Waals surface area contributed by atoms with Gasteiger partial charge < -0.3 is 9.32 Å². The Morgan fingerprint density at radius 1 is 1.14 bits per heavy atom. The number of sulfonamides is 1. The molecule has 0 unspecified atom stereocenters. The van der Waals surface area contributed by atoms with Crippen LogP contribution in [0.2, 0.25) is 0 Å². The fourth-order valence-corrected chi connectivity index (χ4v) is 5.10. The van der Waals surface area contributed by atoms with E-state index in [2.05, 4.69) is 10.8 Å². The van der Waals surface area contributed by atoms with E-state index in [9.17, 15) is 13.2 Å². The summed E-state index contributed by atoms with van der Waals surface area (Å²) in [5.41, 5.74) is 2.23. The SMILES string of the molecule is CS(=O)(=O)N[C@@H]1CCCN(C(=O)[C@@H]2C[C@H]2c2ccccc2-c2ccco2)CC1. The number of nitrogens with zero attached hydrogens (tertiary/aromatic N) is 1. The lowest BCUT2D eigenvalue weighted by Crippen LogP contribution is -2.36. The van der Waals surface area contributed by atoms with E-state index in [-0.39, 0.29) is 23.8 Å². The molecular formula is C21H26N2O4S. The van der Waals surface area contributed by atoms with Gasteiger partial charge in [-0.25, -0.2) is 13.1 Å². The Kier molecular flexibility index (Phi) is 5.29. The molecule has 3 atom stereocenters. The van der Waals surface area contributed by atoms with Crippen LogP contribution in [0.25, 0.3) is 11.3 Å². The molecule has 1 amide bonds. The Balaban J connectivity index is 1.42. The maximum Gasteiger partial charge on any atom is 0.226 e. The van der Waals surface area contributed by atoms with Crippen molar-refractivity contribution < 1.29 is 17.6 Å². The van der Waals surface area contributed by atoms with Crippen molar-refractivity contribution in [3.05, 3.63) is 48.2 Å².